The normalized spacial score (nSPS) is 17.3. The predicted molar refractivity (Wildman–Crippen MR) is 81.9 cm³/mol. The van der Waals surface area contributed by atoms with E-state index in [9.17, 15) is 4.79 Å². The Hall–Kier alpha value is -2.42. The standard InChI is InChI=1S/C17H16N2O/c1-11-6-5-7-12(2)16(11)18-10-14-13-8-3-4-9-15(13)19-17(14)20/h3-10,14H,1-2H3,(H,19,20). The van der Waals surface area contributed by atoms with Crippen molar-refractivity contribution in [2.45, 2.75) is 19.8 Å². The lowest BCUT2D eigenvalue weighted by atomic mass is 10.0. The Labute approximate surface area is 118 Å². The Morgan fingerprint density at radius 1 is 1.05 bits per heavy atom. The van der Waals surface area contributed by atoms with Gasteiger partial charge in [-0.2, -0.15) is 0 Å². The maximum Gasteiger partial charge on any atom is 0.237 e. The second kappa shape index (κ2) is 4.93. The number of hydrogen-bond donors (Lipinski definition) is 1. The van der Waals surface area contributed by atoms with Crippen molar-refractivity contribution in [1.29, 1.82) is 0 Å². The van der Waals surface area contributed by atoms with E-state index >= 15 is 0 Å². The average molecular weight is 264 g/mol. The van der Waals surface area contributed by atoms with E-state index in [1.807, 2.05) is 56.3 Å². The molecule has 3 nitrogen and oxygen atoms in total. The second-order valence-electron chi connectivity index (χ2n) is 5.07. The Kier molecular flexibility index (Phi) is 3.11. The molecule has 0 radical (unpaired) electrons. The molecule has 3 heteroatoms. The molecule has 1 aliphatic rings. The van der Waals surface area contributed by atoms with Crippen LogP contribution >= 0.6 is 0 Å². The van der Waals surface area contributed by atoms with Gasteiger partial charge in [0, 0.05) is 11.9 Å². The smallest absolute Gasteiger partial charge is 0.237 e. The summed E-state index contributed by atoms with van der Waals surface area (Å²) in [6.07, 6.45) is 1.75. The van der Waals surface area contributed by atoms with Gasteiger partial charge in [0.05, 0.1) is 5.69 Å². The lowest BCUT2D eigenvalue weighted by Crippen LogP contribution is -2.12. The third kappa shape index (κ3) is 2.11. The third-order valence-corrected chi connectivity index (χ3v) is 3.63. The predicted octanol–water partition coefficient (Wildman–Crippen LogP) is 3.74. The quantitative estimate of drug-likeness (QED) is 0.825. The molecule has 0 bridgehead atoms. The number of fused-ring (bicyclic) bond motifs is 1. The minimum atomic E-state index is -0.301. The molecule has 1 aliphatic heterocycles. The number of carbonyl (C=O) groups excluding carboxylic acids is 1. The summed E-state index contributed by atoms with van der Waals surface area (Å²) in [5.74, 6) is -0.314. The van der Waals surface area contributed by atoms with E-state index in [0.29, 0.717) is 0 Å². The van der Waals surface area contributed by atoms with Crippen molar-refractivity contribution in [2.75, 3.05) is 5.32 Å². The first-order chi connectivity index (χ1) is 9.66. The van der Waals surface area contributed by atoms with Gasteiger partial charge in [-0.25, -0.2) is 0 Å². The number of aliphatic imine (C=N–C) groups is 1. The van der Waals surface area contributed by atoms with E-state index in [2.05, 4.69) is 10.3 Å². The summed E-state index contributed by atoms with van der Waals surface area (Å²) in [6, 6.07) is 13.8. The van der Waals surface area contributed by atoms with Crippen molar-refractivity contribution in [1.82, 2.24) is 0 Å². The molecule has 1 heterocycles. The summed E-state index contributed by atoms with van der Waals surface area (Å²) >= 11 is 0. The molecule has 0 aliphatic carbocycles. The number of para-hydroxylation sites is 2. The van der Waals surface area contributed by atoms with Gasteiger partial charge in [-0.3, -0.25) is 9.79 Å². The highest BCUT2D eigenvalue weighted by Gasteiger charge is 2.28. The molecule has 0 saturated heterocycles. The number of nitrogens with zero attached hydrogens (tertiary/aromatic N) is 1. The van der Waals surface area contributed by atoms with Crippen molar-refractivity contribution in [3.63, 3.8) is 0 Å². The Morgan fingerprint density at radius 2 is 1.75 bits per heavy atom. The van der Waals surface area contributed by atoms with Gasteiger partial charge in [0.2, 0.25) is 5.91 Å². The van der Waals surface area contributed by atoms with E-state index in [0.717, 1.165) is 28.1 Å². The van der Waals surface area contributed by atoms with Crippen LogP contribution in [-0.2, 0) is 4.79 Å². The number of hydrogen-bond acceptors (Lipinski definition) is 2. The van der Waals surface area contributed by atoms with Crippen molar-refractivity contribution < 1.29 is 4.79 Å². The lowest BCUT2D eigenvalue weighted by Gasteiger charge is -2.05. The van der Waals surface area contributed by atoms with Gasteiger partial charge in [-0.05, 0) is 36.6 Å². The number of benzene rings is 2. The van der Waals surface area contributed by atoms with Gasteiger partial charge in [0.25, 0.3) is 0 Å². The topological polar surface area (TPSA) is 41.5 Å². The Morgan fingerprint density at radius 3 is 2.50 bits per heavy atom. The van der Waals surface area contributed by atoms with E-state index in [-0.39, 0.29) is 11.8 Å². The van der Waals surface area contributed by atoms with Crippen molar-refractivity contribution in [3.05, 3.63) is 59.2 Å². The van der Waals surface area contributed by atoms with Crippen LogP contribution in [0.1, 0.15) is 22.6 Å². The largest absolute Gasteiger partial charge is 0.325 e. The Balaban J connectivity index is 1.96. The molecule has 100 valence electrons. The number of amides is 1. The minimum absolute atomic E-state index is 0.0128. The zero-order chi connectivity index (χ0) is 14.1. The van der Waals surface area contributed by atoms with Crippen LogP contribution in [0.15, 0.2) is 47.5 Å². The van der Waals surface area contributed by atoms with Gasteiger partial charge in [0.15, 0.2) is 0 Å². The van der Waals surface area contributed by atoms with Crippen LogP contribution < -0.4 is 5.32 Å². The zero-order valence-corrected chi connectivity index (χ0v) is 11.6. The fourth-order valence-corrected chi connectivity index (χ4v) is 2.54. The van der Waals surface area contributed by atoms with Crippen LogP contribution in [-0.4, -0.2) is 12.1 Å². The van der Waals surface area contributed by atoms with Crippen LogP contribution in [0.5, 0.6) is 0 Å². The van der Waals surface area contributed by atoms with Crippen molar-refractivity contribution >= 4 is 23.5 Å². The van der Waals surface area contributed by atoms with E-state index in [1.54, 1.807) is 6.21 Å². The molecule has 1 amide bonds. The number of nitrogens with one attached hydrogen (secondary N) is 1. The van der Waals surface area contributed by atoms with Gasteiger partial charge in [-0.15, -0.1) is 0 Å². The van der Waals surface area contributed by atoms with Gasteiger partial charge < -0.3 is 5.32 Å². The summed E-state index contributed by atoms with van der Waals surface area (Å²) < 4.78 is 0. The molecule has 2 aromatic carbocycles. The molecule has 2 aromatic rings. The SMILES string of the molecule is Cc1cccc(C)c1N=CC1C(=O)Nc2ccccc21. The van der Waals surface area contributed by atoms with Crippen molar-refractivity contribution in [3.8, 4) is 0 Å². The number of aryl methyl sites for hydroxylation is 2. The first-order valence-corrected chi connectivity index (χ1v) is 6.67. The van der Waals surface area contributed by atoms with Gasteiger partial charge in [0.1, 0.15) is 5.92 Å². The van der Waals surface area contributed by atoms with Crippen molar-refractivity contribution in [2.24, 2.45) is 4.99 Å². The molecule has 0 fully saturated rings. The van der Waals surface area contributed by atoms with Gasteiger partial charge >= 0.3 is 0 Å². The molecular formula is C17H16N2O. The monoisotopic (exact) mass is 264 g/mol. The van der Waals surface area contributed by atoms with Crippen LogP contribution in [0.25, 0.3) is 0 Å². The molecule has 20 heavy (non-hydrogen) atoms. The highest BCUT2D eigenvalue weighted by Crippen LogP contribution is 2.32. The first kappa shape index (κ1) is 12.6. The summed E-state index contributed by atoms with van der Waals surface area (Å²) in [5, 5.41) is 2.88. The molecule has 0 spiro atoms. The lowest BCUT2D eigenvalue weighted by molar-refractivity contribution is -0.115. The molecule has 1 unspecified atom stereocenters. The summed E-state index contributed by atoms with van der Waals surface area (Å²) in [7, 11) is 0. The van der Waals surface area contributed by atoms with Gasteiger partial charge in [-0.1, -0.05) is 36.4 Å². The maximum atomic E-state index is 12.0. The molecular weight excluding hydrogens is 248 g/mol. The van der Waals surface area contributed by atoms with Crippen LogP contribution in [0, 0.1) is 13.8 Å². The fraction of sp³-hybridized carbons (Fsp3) is 0.176. The summed E-state index contributed by atoms with van der Waals surface area (Å²) in [4.78, 5) is 16.6. The van der Waals surface area contributed by atoms with E-state index < -0.39 is 0 Å². The van der Waals surface area contributed by atoms with Crippen LogP contribution in [0.3, 0.4) is 0 Å². The van der Waals surface area contributed by atoms with E-state index in [1.165, 1.54) is 0 Å². The summed E-state index contributed by atoms with van der Waals surface area (Å²) in [5.41, 5.74) is 5.06. The third-order valence-electron chi connectivity index (χ3n) is 3.63. The summed E-state index contributed by atoms with van der Waals surface area (Å²) in [6.45, 7) is 4.06. The first-order valence-electron chi connectivity index (χ1n) is 6.67. The molecule has 3 rings (SSSR count). The number of carbonyl (C=O) groups is 1. The molecule has 0 aromatic heterocycles. The highest BCUT2D eigenvalue weighted by atomic mass is 16.2. The second-order valence-corrected chi connectivity index (χ2v) is 5.07. The Bertz CT molecular complexity index is 684. The molecule has 1 N–H and O–H groups in total. The molecule has 1 atom stereocenters. The average Bonchev–Trinajstić information content (AvgIpc) is 2.74. The zero-order valence-electron chi connectivity index (χ0n) is 11.6. The van der Waals surface area contributed by atoms with Crippen LogP contribution in [0.4, 0.5) is 11.4 Å². The highest BCUT2D eigenvalue weighted by molar-refractivity contribution is 6.12. The fourth-order valence-electron chi connectivity index (χ4n) is 2.54. The minimum Gasteiger partial charge on any atom is -0.325 e. The number of anilines is 1. The van der Waals surface area contributed by atoms with Crippen LogP contribution in [0.2, 0.25) is 0 Å². The van der Waals surface area contributed by atoms with E-state index in [4.69, 9.17) is 0 Å². The number of rotatable bonds is 2. The molecule has 0 saturated carbocycles. The maximum absolute atomic E-state index is 12.0.